The van der Waals surface area contributed by atoms with Gasteiger partial charge in [-0.15, -0.1) is 11.6 Å². The van der Waals surface area contributed by atoms with Crippen molar-refractivity contribution in [2.24, 2.45) is 0 Å². The van der Waals surface area contributed by atoms with Crippen LogP contribution in [0.5, 0.6) is 0 Å². The zero-order valence-electron chi connectivity index (χ0n) is 12.0. The molecule has 1 rings (SSSR count). The van der Waals surface area contributed by atoms with Crippen molar-refractivity contribution in [3.05, 3.63) is 29.8 Å². The lowest BCUT2D eigenvalue weighted by Gasteiger charge is -2.15. The third-order valence-corrected chi connectivity index (χ3v) is 3.22. The zero-order valence-corrected chi connectivity index (χ0v) is 12.7. The molecular formula is C15H21ClN2O2. The number of halogens is 1. The molecule has 0 atom stereocenters. The van der Waals surface area contributed by atoms with E-state index in [0.29, 0.717) is 18.8 Å². The lowest BCUT2D eigenvalue weighted by Crippen LogP contribution is -2.23. The summed E-state index contributed by atoms with van der Waals surface area (Å²) in [6, 6.07) is 7.54. The van der Waals surface area contributed by atoms with Crippen molar-refractivity contribution in [1.82, 2.24) is 4.90 Å². The summed E-state index contributed by atoms with van der Waals surface area (Å²) < 4.78 is 0. The molecule has 0 aliphatic heterocycles. The number of hydrogen-bond donors (Lipinski definition) is 1. The van der Waals surface area contributed by atoms with Gasteiger partial charge in [0.05, 0.1) is 0 Å². The van der Waals surface area contributed by atoms with Crippen molar-refractivity contribution >= 4 is 29.1 Å². The molecule has 0 spiro atoms. The van der Waals surface area contributed by atoms with Crippen molar-refractivity contribution < 1.29 is 9.59 Å². The standard InChI is InChI=1S/C15H21ClN2O2/c1-12(19)18(2)11-13-6-5-7-14(10-13)17-15(20)8-3-4-9-16/h5-7,10H,3-4,8-9,11H2,1-2H3,(H,17,20). The minimum absolute atomic E-state index is 0.00723. The van der Waals surface area contributed by atoms with E-state index < -0.39 is 0 Å². The third kappa shape index (κ3) is 6.06. The van der Waals surface area contributed by atoms with Crippen molar-refractivity contribution in [1.29, 1.82) is 0 Å². The summed E-state index contributed by atoms with van der Waals surface area (Å²) in [6.07, 6.45) is 2.12. The number of carbonyl (C=O) groups is 2. The van der Waals surface area contributed by atoms with Crippen LogP contribution in [0.25, 0.3) is 0 Å². The van der Waals surface area contributed by atoms with Crippen LogP contribution < -0.4 is 5.32 Å². The fourth-order valence-electron chi connectivity index (χ4n) is 1.74. The molecule has 1 aromatic rings. The van der Waals surface area contributed by atoms with E-state index >= 15 is 0 Å². The number of carbonyl (C=O) groups excluding carboxylic acids is 2. The molecule has 0 unspecified atom stereocenters. The molecule has 20 heavy (non-hydrogen) atoms. The number of benzene rings is 1. The highest BCUT2D eigenvalue weighted by Gasteiger charge is 2.06. The number of nitrogens with zero attached hydrogens (tertiary/aromatic N) is 1. The highest BCUT2D eigenvalue weighted by molar-refractivity contribution is 6.17. The summed E-state index contributed by atoms with van der Waals surface area (Å²) >= 11 is 5.58. The molecule has 4 nitrogen and oxygen atoms in total. The number of hydrogen-bond acceptors (Lipinski definition) is 2. The molecule has 0 aliphatic rings. The molecule has 2 amide bonds. The molecule has 0 aromatic heterocycles. The van der Waals surface area contributed by atoms with Crippen molar-refractivity contribution in [3.8, 4) is 0 Å². The van der Waals surface area contributed by atoms with E-state index in [1.165, 1.54) is 6.92 Å². The van der Waals surface area contributed by atoms with Gasteiger partial charge in [0.2, 0.25) is 11.8 Å². The summed E-state index contributed by atoms with van der Waals surface area (Å²) in [4.78, 5) is 24.5. The average Bonchev–Trinajstić information content (AvgIpc) is 2.39. The summed E-state index contributed by atoms with van der Waals surface area (Å²) in [5.41, 5.74) is 1.75. The maximum atomic E-state index is 11.7. The van der Waals surface area contributed by atoms with Crippen molar-refractivity contribution in [2.75, 3.05) is 18.2 Å². The van der Waals surface area contributed by atoms with Crippen LogP contribution in [0.1, 0.15) is 31.7 Å². The fourth-order valence-corrected chi connectivity index (χ4v) is 1.93. The Morgan fingerprint density at radius 2 is 2.05 bits per heavy atom. The Morgan fingerprint density at radius 1 is 1.30 bits per heavy atom. The molecule has 0 radical (unpaired) electrons. The Labute approximate surface area is 125 Å². The topological polar surface area (TPSA) is 49.4 Å². The van der Waals surface area contributed by atoms with E-state index in [-0.39, 0.29) is 11.8 Å². The van der Waals surface area contributed by atoms with Gasteiger partial charge in [0.15, 0.2) is 0 Å². The van der Waals surface area contributed by atoms with Gasteiger partial charge in [-0.2, -0.15) is 0 Å². The first-order valence-electron chi connectivity index (χ1n) is 6.69. The van der Waals surface area contributed by atoms with Gasteiger partial charge in [0.25, 0.3) is 0 Å². The summed E-state index contributed by atoms with van der Waals surface area (Å²) in [5.74, 6) is 0.591. The van der Waals surface area contributed by atoms with Gasteiger partial charge in [-0.25, -0.2) is 0 Å². The molecule has 1 N–H and O–H groups in total. The summed E-state index contributed by atoms with van der Waals surface area (Å²) in [5, 5.41) is 2.86. The van der Waals surface area contributed by atoms with Gasteiger partial charge < -0.3 is 10.2 Å². The number of amides is 2. The molecule has 1 aromatic carbocycles. The second-order valence-electron chi connectivity index (χ2n) is 4.77. The average molecular weight is 297 g/mol. The van der Waals surface area contributed by atoms with Crippen LogP contribution in [0.4, 0.5) is 5.69 Å². The van der Waals surface area contributed by atoms with Crippen molar-refractivity contribution in [2.45, 2.75) is 32.7 Å². The second kappa shape index (κ2) is 8.59. The Balaban J connectivity index is 2.55. The molecule has 0 saturated heterocycles. The van der Waals surface area contributed by atoms with Gasteiger partial charge in [-0.3, -0.25) is 9.59 Å². The smallest absolute Gasteiger partial charge is 0.224 e. The van der Waals surface area contributed by atoms with Gasteiger partial charge in [-0.1, -0.05) is 12.1 Å². The SMILES string of the molecule is CC(=O)N(C)Cc1cccc(NC(=O)CCCCCl)c1. The maximum Gasteiger partial charge on any atom is 0.224 e. The minimum atomic E-state index is -0.00723. The molecule has 0 fully saturated rings. The molecule has 0 aliphatic carbocycles. The normalized spacial score (nSPS) is 10.2. The summed E-state index contributed by atoms with van der Waals surface area (Å²) in [7, 11) is 1.75. The van der Waals surface area contributed by atoms with E-state index in [1.54, 1.807) is 11.9 Å². The first kappa shape index (κ1) is 16.5. The van der Waals surface area contributed by atoms with Crippen LogP contribution in [0.2, 0.25) is 0 Å². The Kier molecular flexibility index (Phi) is 7.09. The van der Waals surface area contributed by atoms with Gasteiger partial charge in [0.1, 0.15) is 0 Å². The number of anilines is 1. The first-order valence-corrected chi connectivity index (χ1v) is 7.23. The zero-order chi connectivity index (χ0) is 15.0. The van der Waals surface area contributed by atoms with Crippen LogP contribution >= 0.6 is 11.6 Å². The molecular weight excluding hydrogens is 276 g/mol. The largest absolute Gasteiger partial charge is 0.342 e. The number of alkyl halides is 1. The summed E-state index contributed by atoms with van der Waals surface area (Å²) in [6.45, 7) is 2.06. The Hall–Kier alpha value is -1.55. The van der Waals surface area contributed by atoms with Crippen LogP contribution in [-0.2, 0) is 16.1 Å². The van der Waals surface area contributed by atoms with Gasteiger partial charge in [-0.05, 0) is 30.5 Å². The Morgan fingerprint density at radius 3 is 2.70 bits per heavy atom. The lowest BCUT2D eigenvalue weighted by molar-refractivity contribution is -0.128. The fraction of sp³-hybridized carbons (Fsp3) is 0.467. The van der Waals surface area contributed by atoms with E-state index in [0.717, 1.165) is 24.1 Å². The molecule has 0 saturated carbocycles. The third-order valence-electron chi connectivity index (χ3n) is 2.96. The predicted octanol–water partition coefficient (Wildman–Crippen LogP) is 3.01. The highest BCUT2D eigenvalue weighted by Crippen LogP contribution is 2.13. The first-order chi connectivity index (χ1) is 9.52. The Bertz CT molecular complexity index is 463. The highest BCUT2D eigenvalue weighted by atomic mass is 35.5. The second-order valence-corrected chi connectivity index (χ2v) is 5.15. The van der Waals surface area contributed by atoms with E-state index in [2.05, 4.69) is 5.32 Å². The monoisotopic (exact) mass is 296 g/mol. The van der Waals surface area contributed by atoms with Crippen LogP contribution in [0.15, 0.2) is 24.3 Å². The molecule has 0 bridgehead atoms. The van der Waals surface area contributed by atoms with Crippen LogP contribution in [-0.4, -0.2) is 29.6 Å². The predicted molar refractivity (Wildman–Crippen MR) is 81.8 cm³/mol. The quantitative estimate of drug-likeness (QED) is 0.621. The van der Waals surface area contributed by atoms with Crippen LogP contribution in [0, 0.1) is 0 Å². The van der Waals surface area contributed by atoms with Crippen LogP contribution in [0.3, 0.4) is 0 Å². The maximum absolute atomic E-state index is 11.7. The molecule has 5 heteroatoms. The van der Waals surface area contributed by atoms with Crippen molar-refractivity contribution in [3.63, 3.8) is 0 Å². The lowest BCUT2D eigenvalue weighted by atomic mass is 10.2. The molecule has 0 heterocycles. The number of nitrogens with one attached hydrogen (secondary N) is 1. The van der Waals surface area contributed by atoms with E-state index in [9.17, 15) is 9.59 Å². The molecule has 110 valence electrons. The van der Waals surface area contributed by atoms with Gasteiger partial charge >= 0.3 is 0 Å². The van der Waals surface area contributed by atoms with Gasteiger partial charge in [0, 0.05) is 38.5 Å². The number of rotatable bonds is 7. The number of unbranched alkanes of at least 4 members (excludes halogenated alkanes) is 1. The van der Waals surface area contributed by atoms with E-state index in [1.807, 2.05) is 24.3 Å². The van der Waals surface area contributed by atoms with E-state index in [4.69, 9.17) is 11.6 Å². The minimum Gasteiger partial charge on any atom is -0.342 e.